The Labute approximate surface area is 82.6 Å². The number of halogens is 1. The molecule has 0 fully saturated rings. The predicted octanol–water partition coefficient (Wildman–Crippen LogP) is 2.57. The van der Waals surface area contributed by atoms with E-state index in [0.717, 1.165) is 24.1 Å². The van der Waals surface area contributed by atoms with E-state index in [-0.39, 0.29) is 10.9 Å². The molecule has 2 rings (SSSR count). The van der Waals surface area contributed by atoms with E-state index in [9.17, 15) is 5.11 Å². The van der Waals surface area contributed by atoms with Gasteiger partial charge in [-0.3, -0.25) is 0 Å². The number of nitrogens with zero attached hydrogens (tertiary/aromatic N) is 1. The second-order valence-corrected chi connectivity index (χ2v) is 4.11. The molecule has 1 heterocycles. The van der Waals surface area contributed by atoms with Crippen molar-refractivity contribution in [1.82, 2.24) is 4.98 Å². The zero-order valence-corrected chi connectivity index (χ0v) is 8.30. The maximum absolute atomic E-state index is 9.37. The summed E-state index contributed by atoms with van der Waals surface area (Å²) < 4.78 is 0. The third-order valence-electron chi connectivity index (χ3n) is 2.57. The highest BCUT2D eigenvalue weighted by molar-refractivity contribution is 6.30. The average molecular weight is 198 g/mol. The van der Waals surface area contributed by atoms with Crippen LogP contribution in [0.2, 0.25) is 5.15 Å². The lowest BCUT2D eigenvalue weighted by atomic mass is 9.88. The van der Waals surface area contributed by atoms with Gasteiger partial charge in [0.1, 0.15) is 0 Å². The number of rotatable bonds is 0. The van der Waals surface area contributed by atoms with Crippen LogP contribution < -0.4 is 0 Å². The van der Waals surface area contributed by atoms with E-state index >= 15 is 0 Å². The minimum absolute atomic E-state index is 0.106. The van der Waals surface area contributed by atoms with Crippen molar-refractivity contribution in [1.29, 1.82) is 0 Å². The van der Waals surface area contributed by atoms with E-state index in [0.29, 0.717) is 5.92 Å². The monoisotopic (exact) mass is 197 g/mol. The Bertz CT molecular complexity index is 338. The number of fused-ring (bicyclic) bond motifs is 1. The molecule has 1 unspecified atom stereocenters. The summed E-state index contributed by atoms with van der Waals surface area (Å²) in [6.45, 7) is 2.22. The second kappa shape index (κ2) is 3.18. The van der Waals surface area contributed by atoms with Crippen LogP contribution in [0, 0.1) is 5.92 Å². The smallest absolute Gasteiger partial charge is 0.171 e. The molecule has 1 N–H and O–H groups in total. The molecule has 13 heavy (non-hydrogen) atoms. The van der Waals surface area contributed by atoms with Crippen LogP contribution in [0.3, 0.4) is 0 Å². The highest BCUT2D eigenvalue weighted by Crippen LogP contribution is 2.30. The van der Waals surface area contributed by atoms with Crippen molar-refractivity contribution in [3.63, 3.8) is 0 Å². The van der Waals surface area contributed by atoms with Crippen LogP contribution in [0.5, 0.6) is 5.75 Å². The Hall–Kier alpha value is -0.760. The minimum Gasteiger partial charge on any atom is -0.505 e. The van der Waals surface area contributed by atoms with Gasteiger partial charge in [0, 0.05) is 5.69 Å². The van der Waals surface area contributed by atoms with E-state index in [1.165, 1.54) is 6.42 Å². The first-order valence-corrected chi connectivity index (χ1v) is 4.92. The van der Waals surface area contributed by atoms with Gasteiger partial charge in [-0.15, -0.1) is 0 Å². The Kier molecular flexibility index (Phi) is 2.16. The summed E-state index contributed by atoms with van der Waals surface area (Å²) in [6, 6.07) is 1.75. The molecule has 0 amide bonds. The lowest BCUT2D eigenvalue weighted by Gasteiger charge is -2.20. The van der Waals surface area contributed by atoms with Gasteiger partial charge in [-0.05, 0) is 36.8 Å². The summed E-state index contributed by atoms with van der Waals surface area (Å²) in [4.78, 5) is 4.16. The van der Waals surface area contributed by atoms with E-state index < -0.39 is 0 Å². The molecule has 2 nitrogen and oxygen atoms in total. The molecular weight excluding hydrogens is 186 g/mol. The number of pyridine rings is 1. The maximum Gasteiger partial charge on any atom is 0.171 e. The molecular formula is C10H12ClNO. The molecule has 1 aromatic heterocycles. The number of aromatic hydroxyl groups is 1. The van der Waals surface area contributed by atoms with Gasteiger partial charge in [0.2, 0.25) is 0 Å². The average Bonchev–Trinajstić information content (AvgIpc) is 2.08. The van der Waals surface area contributed by atoms with Gasteiger partial charge in [0.15, 0.2) is 10.9 Å². The number of aryl methyl sites for hydroxylation is 1. The SMILES string of the molecule is CC1CCc2nc(Cl)c(O)cc2C1. The Morgan fingerprint density at radius 1 is 1.62 bits per heavy atom. The van der Waals surface area contributed by atoms with Crippen molar-refractivity contribution in [3.8, 4) is 5.75 Å². The van der Waals surface area contributed by atoms with Gasteiger partial charge in [0.25, 0.3) is 0 Å². The van der Waals surface area contributed by atoms with Crippen LogP contribution in [0.15, 0.2) is 6.07 Å². The zero-order valence-electron chi connectivity index (χ0n) is 7.55. The summed E-state index contributed by atoms with van der Waals surface area (Å²) in [7, 11) is 0. The first-order valence-electron chi connectivity index (χ1n) is 4.54. The standard InChI is InChI=1S/C10H12ClNO/c1-6-2-3-8-7(4-6)5-9(13)10(11)12-8/h5-6,13H,2-4H2,1H3. The molecule has 1 aliphatic carbocycles. The number of hydrogen-bond donors (Lipinski definition) is 1. The van der Waals surface area contributed by atoms with Crippen molar-refractivity contribution in [3.05, 3.63) is 22.5 Å². The van der Waals surface area contributed by atoms with Crippen molar-refractivity contribution in [2.75, 3.05) is 0 Å². The van der Waals surface area contributed by atoms with Gasteiger partial charge in [-0.1, -0.05) is 18.5 Å². The van der Waals surface area contributed by atoms with Crippen LogP contribution in [-0.2, 0) is 12.8 Å². The van der Waals surface area contributed by atoms with Crippen LogP contribution in [0.1, 0.15) is 24.6 Å². The molecule has 3 heteroatoms. The normalized spacial score (nSPS) is 21.2. The summed E-state index contributed by atoms with van der Waals surface area (Å²) >= 11 is 5.72. The fourth-order valence-corrected chi connectivity index (χ4v) is 1.97. The summed E-state index contributed by atoms with van der Waals surface area (Å²) in [6.07, 6.45) is 3.16. The molecule has 0 aromatic carbocycles. The topological polar surface area (TPSA) is 33.1 Å². The molecule has 0 radical (unpaired) electrons. The summed E-state index contributed by atoms with van der Waals surface area (Å²) in [5, 5.41) is 9.60. The number of aromatic nitrogens is 1. The van der Waals surface area contributed by atoms with Crippen LogP contribution in [0.25, 0.3) is 0 Å². The van der Waals surface area contributed by atoms with Crippen molar-refractivity contribution < 1.29 is 5.11 Å². The van der Waals surface area contributed by atoms with Crippen molar-refractivity contribution in [2.24, 2.45) is 5.92 Å². The van der Waals surface area contributed by atoms with E-state index in [1.54, 1.807) is 6.07 Å². The van der Waals surface area contributed by atoms with Gasteiger partial charge in [-0.2, -0.15) is 0 Å². The van der Waals surface area contributed by atoms with Gasteiger partial charge in [-0.25, -0.2) is 4.98 Å². The summed E-state index contributed by atoms with van der Waals surface area (Å²) in [5.41, 5.74) is 2.21. The molecule has 0 spiro atoms. The molecule has 0 saturated carbocycles. The Morgan fingerprint density at radius 2 is 2.38 bits per heavy atom. The van der Waals surface area contributed by atoms with Crippen LogP contribution >= 0.6 is 11.6 Å². The number of hydrogen-bond acceptors (Lipinski definition) is 2. The van der Waals surface area contributed by atoms with Gasteiger partial charge in [0.05, 0.1) is 0 Å². The Balaban J connectivity index is 2.43. The molecule has 1 aliphatic rings. The third-order valence-corrected chi connectivity index (χ3v) is 2.85. The predicted molar refractivity (Wildman–Crippen MR) is 52.1 cm³/mol. The van der Waals surface area contributed by atoms with E-state index in [2.05, 4.69) is 11.9 Å². The summed E-state index contributed by atoms with van der Waals surface area (Å²) in [5.74, 6) is 0.796. The molecule has 1 aromatic rings. The fraction of sp³-hybridized carbons (Fsp3) is 0.500. The lowest BCUT2D eigenvalue weighted by molar-refractivity contribution is 0.459. The minimum atomic E-state index is 0.106. The molecule has 0 bridgehead atoms. The fourth-order valence-electron chi connectivity index (χ4n) is 1.81. The third kappa shape index (κ3) is 1.63. The largest absolute Gasteiger partial charge is 0.505 e. The van der Waals surface area contributed by atoms with Crippen molar-refractivity contribution >= 4 is 11.6 Å². The highest BCUT2D eigenvalue weighted by atomic mass is 35.5. The molecule has 0 aliphatic heterocycles. The quantitative estimate of drug-likeness (QED) is 0.649. The van der Waals surface area contributed by atoms with Crippen molar-refractivity contribution in [2.45, 2.75) is 26.2 Å². The van der Waals surface area contributed by atoms with Crippen LogP contribution in [-0.4, -0.2) is 10.1 Å². The first kappa shape index (κ1) is 8.82. The maximum atomic E-state index is 9.37. The van der Waals surface area contributed by atoms with E-state index in [4.69, 9.17) is 11.6 Å². The first-order chi connectivity index (χ1) is 6.16. The molecule has 70 valence electrons. The van der Waals surface area contributed by atoms with Gasteiger partial charge < -0.3 is 5.11 Å². The van der Waals surface area contributed by atoms with Gasteiger partial charge >= 0.3 is 0 Å². The molecule has 0 saturated heterocycles. The van der Waals surface area contributed by atoms with E-state index in [1.807, 2.05) is 0 Å². The molecule has 1 atom stereocenters. The second-order valence-electron chi connectivity index (χ2n) is 3.75. The highest BCUT2D eigenvalue weighted by Gasteiger charge is 2.17. The van der Waals surface area contributed by atoms with Crippen LogP contribution in [0.4, 0.5) is 0 Å². The Morgan fingerprint density at radius 3 is 3.15 bits per heavy atom. The zero-order chi connectivity index (χ0) is 9.42. The lowest BCUT2D eigenvalue weighted by Crippen LogP contribution is -2.12.